The molecular weight excluding hydrogens is 250 g/mol. The highest BCUT2D eigenvalue weighted by Crippen LogP contribution is 2.22. The number of halogens is 1. The summed E-state index contributed by atoms with van der Waals surface area (Å²) in [7, 11) is 1.86. The first-order valence-electron chi connectivity index (χ1n) is 6.32. The van der Waals surface area contributed by atoms with Gasteiger partial charge in [-0.3, -0.25) is 0 Å². The number of nitrogens with zero attached hydrogens (tertiary/aromatic N) is 2. The molecule has 1 saturated carbocycles. The summed E-state index contributed by atoms with van der Waals surface area (Å²) in [5.74, 6) is 0. The van der Waals surface area contributed by atoms with E-state index in [1.54, 1.807) is 23.2 Å². The van der Waals surface area contributed by atoms with Gasteiger partial charge in [0.2, 0.25) is 0 Å². The van der Waals surface area contributed by atoms with E-state index in [0.29, 0.717) is 16.9 Å². The minimum Gasteiger partial charge on any atom is -0.325 e. The maximum Gasteiger partial charge on any atom is 0.321 e. The second-order valence-corrected chi connectivity index (χ2v) is 5.09. The van der Waals surface area contributed by atoms with E-state index in [0.717, 1.165) is 12.8 Å². The Hall–Kier alpha value is -1.29. The van der Waals surface area contributed by atoms with Gasteiger partial charge in [-0.15, -0.1) is 0 Å². The number of rotatable bonds is 2. The molecule has 1 aromatic heterocycles. The van der Waals surface area contributed by atoms with E-state index in [-0.39, 0.29) is 6.03 Å². The molecule has 1 fully saturated rings. The van der Waals surface area contributed by atoms with Crippen molar-refractivity contribution in [2.24, 2.45) is 0 Å². The van der Waals surface area contributed by atoms with Crippen molar-refractivity contribution in [3.63, 3.8) is 0 Å². The Morgan fingerprint density at radius 1 is 1.44 bits per heavy atom. The third kappa shape index (κ3) is 3.35. The SMILES string of the molecule is CN(C(=O)Nc1ccnc(Cl)c1)C1CCCCC1. The summed E-state index contributed by atoms with van der Waals surface area (Å²) in [6.45, 7) is 0. The summed E-state index contributed by atoms with van der Waals surface area (Å²) >= 11 is 5.78. The predicted octanol–water partition coefficient (Wildman–Crippen LogP) is 3.53. The van der Waals surface area contributed by atoms with Crippen LogP contribution in [0.4, 0.5) is 10.5 Å². The standard InChI is InChI=1S/C13H18ClN3O/c1-17(11-5-3-2-4-6-11)13(18)16-10-7-8-15-12(14)9-10/h7-9,11H,2-6H2,1H3,(H,15,16,18). The van der Waals surface area contributed by atoms with E-state index in [9.17, 15) is 4.79 Å². The minimum atomic E-state index is -0.0795. The molecule has 0 unspecified atom stereocenters. The second-order valence-electron chi connectivity index (χ2n) is 4.70. The molecule has 0 radical (unpaired) electrons. The van der Waals surface area contributed by atoms with Crippen molar-refractivity contribution in [2.45, 2.75) is 38.1 Å². The molecular formula is C13H18ClN3O. The number of nitrogens with one attached hydrogen (secondary N) is 1. The summed E-state index contributed by atoms with van der Waals surface area (Å²) in [4.78, 5) is 17.8. The molecule has 0 atom stereocenters. The van der Waals surface area contributed by atoms with Crippen LogP contribution in [0.1, 0.15) is 32.1 Å². The summed E-state index contributed by atoms with van der Waals surface area (Å²) < 4.78 is 0. The molecule has 1 aliphatic rings. The third-order valence-electron chi connectivity index (χ3n) is 3.42. The van der Waals surface area contributed by atoms with Gasteiger partial charge in [0, 0.05) is 25.0 Å². The maximum absolute atomic E-state index is 12.1. The lowest BCUT2D eigenvalue weighted by molar-refractivity contribution is 0.186. The zero-order valence-electron chi connectivity index (χ0n) is 10.5. The van der Waals surface area contributed by atoms with Crippen LogP contribution in [-0.2, 0) is 0 Å². The van der Waals surface area contributed by atoms with Crippen molar-refractivity contribution in [2.75, 3.05) is 12.4 Å². The second kappa shape index (κ2) is 6.05. The van der Waals surface area contributed by atoms with Gasteiger partial charge in [-0.1, -0.05) is 30.9 Å². The zero-order valence-corrected chi connectivity index (χ0v) is 11.3. The van der Waals surface area contributed by atoms with Crippen LogP contribution in [0.25, 0.3) is 0 Å². The fraction of sp³-hybridized carbons (Fsp3) is 0.538. The van der Waals surface area contributed by atoms with Crippen LogP contribution in [0.3, 0.4) is 0 Å². The lowest BCUT2D eigenvalue weighted by Crippen LogP contribution is -2.40. The molecule has 4 nitrogen and oxygen atoms in total. The molecule has 98 valence electrons. The highest BCUT2D eigenvalue weighted by atomic mass is 35.5. The number of hydrogen-bond acceptors (Lipinski definition) is 2. The lowest BCUT2D eigenvalue weighted by atomic mass is 9.95. The molecule has 1 N–H and O–H groups in total. The first-order valence-corrected chi connectivity index (χ1v) is 6.70. The van der Waals surface area contributed by atoms with Gasteiger partial charge in [-0.05, 0) is 25.0 Å². The Balaban J connectivity index is 1.94. The van der Waals surface area contributed by atoms with Crippen LogP contribution in [0.5, 0.6) is 0 Å². The Kier molecular flexibility index (Phi) is 4.42. The van der Waals surface area contributed by atoms with E-state index < -0.39 is 0 Å². The highest BCUT2D eigenvalue weighted by molar-refractivity contribution is 6.29. The summed E-state index contributed by atoms with van der Waals surface area (Å²) in [5.41, 5.74) is 0.683. The van der Waals surface area contributed by atoms with Gasteiger partial charge in [0.15, 0.2) is 0 Å². The fourth-order valence-corrected chi connectivity index (χ4v) is 2.50. The van der Waals surface area contributed by atoms with Gasteiger partial charge in [-0.25, -0.2) is 9.78 Å². The molecule has 1 heterocycles. The van der Waals surface area contributed by atoms with Crippen LogP contribution >= 0.6 is 11.6 Å². The monoisotopic (exact) mass is 267 g/mol. The molecule has 5 heteroatoms. The summed E-state index contributed by atoms with van der Waals surface area (Å²) in [6.07, 6.45) is 7.49. The van der Waals surface area contributed by atoms with Crippen molar-refractivity contribution in [1.29, 1.82) is 0 Å². The molecule has 18 heavy (non-hydrogen) atoms. The van der Waals surface area contributed by atoms with E-state index >= 15 is 0 Å². The Morgan fingerprint density at radius 3 is 2.83 bits per heavy atom. The first-order chi connectivity index (χ1) is 8.66. The molecule has 0 bridgehead atoms. The van der Waals surface area contributed by atoms with Gasteiger partial charge in [0.25, 0.3) is 0 Å². The van der Waals surface area contributed by atoms with Crippen LogP contribution in [0.2, 0.25) is 5.15 Å². The van der Waals surface area contributed by atoms with E-state index in [4.69, 9.17) is 11.6 Å². The smallest absolute Gasteiger partial charge is 0.321 e. The average molecular weight is 268 g/mol. The first kappa shape index (κ1) is 13.1. The Bertz CT molecular complexity index is 418. The number of aromatic nitrogens is 1. The van der Waals surface area contributed by atoms with Gasteiger partial charge in [-0.2, -0.15) is 0 Å². The third-order valence-corrected chi connectivity index (χ3v) is 3.63. The number of pyridine rings is 1. The normalized spacial score (nSPS) is 16.3. The molecule has 2 rings (SSSR count). The molecule has 0 saturated heterocycles. The van der Waals surface area contributed by atoms with E-state index in [2.05, 4.69) is 10.3 Å². The largest absolute Gasteiger partial charge is 0.325 e. The van der Waals surface area contributed by atoms with Crippen LogP contribution in [-0.4, -0.2) is 29.0 Å². The van der Waals surface area contributed by atoms with Crippen molar-refractivity contribution >= 4 is 23.3 Å². The summed E-state index contributed by atoms with van der Waals surface area (Å²) in [5, 5.41) is 3.22. The van der Waals surface area contributed by atoms with Gasteiger partial charge in [0.1, 0.15) is 5.15 Å². The van der Waals surface area contributed by atoms with Crippen LogP contribution in [0, 0.1) is 0 Å². The van der Waals surface area contributed by atoms with Gasteiger partial charge < -0.3 is 10.2 Å². The molecule has 1 aliphatic carbocycles. The number of hydrogen-bond donors (Lipinski definition) is 1. The van der Waals surface area contributed by atoms with Crippen molar-refractivity contribution in [3.05, 3.63) is 23.5 Å². The van der Waals surface area contributed by atoms with Gasteiger partial charge in [0.05, 0.1) is 0 Å². The minimum absolute atomic E-state index is 0.0795. The maximum atomic E-state index is 12.1. The zero-order chi connectivity index (χ0) is 13.0. The van der Waals surface area contributed by atoms with E-state index in [1.165, 1.54) is 19.3 Å². The Labute approximate surface area is 112 Å². The summed E-state index contributed by atoms with van der Waals surface area (Å²) in [6, 6.07) is 3.66. The van der Waals surface area contributed by atoms with E-state index in [1.807, 2.05) is 7.05 Å². The highest BCUT2D eigenvalue weighted by Gasteiger charge is 2.21. The molecule has 2 amide bonds. The molecule has 0 aliphatic heterocycles. The van der Waals surface area contributed by atoms with Crippen LogP contribution in [0.15, 0.2) is 18.3 Å². The lowest BCUT2D eigenvalue weighted by Gasteiger charge is -2.31. The van der Waals surface area contributed by atoms with Crippen molar-refractivity contribution in [1.82, 2.24) is 9.88 Å². The molecule has 0 aromatic carbocycles. The quantitative estimate of drug-likeness (QED) is 0.833. The number of urea groups is 1. The molecule has 0 spiro atoms. The number of carbonyl (C=O) groups excluding carboxylic acids is 1. The van der Waals surface area contributed by atoms with Crippen molar-refractivity contribution < 1.29 is 4.79 Å². The van der Waals surface area contributed by atoms with Gasteiger partial charge >= 0.3 is 6.03 Å². The molecule has 1 aromatic rings. The number of anilines is 1. The fourth-order valence-electron chi connectivity index (χ4n) is 2.33. The van der Waals surface area contributed by atoms with Crippen LogP contribution < -0.4 is 5.32 Å². The Morgan fingerprint density at radius 2 is 2.17 bits per heavy atom. The van der Waals surface area contributed by atoms with Crippen molar-refractivity contribution in [3.8, 4) is 0 Å². The predicted molar refractivity (Wildman–Crippen MR) is 72.9 cm³/mol. The topological polar surface area (TPSA) is 45.2 Å². The number of carbonyl (C=O) groups is 1. The average Bonchev–Trinajstić information content (AvgIpc) is 2.39. The number of amides is 2.